The summed E-state index contributed by atoms with van der Waals surface area (Å²) in [7, 11) is 0. The molecule has 7 heteroatoms. The van der Waals surface area contributed by atoms with E-state index >= 15 is 0 Å². The van der Waals surface area contributed by atoms with Crippen molar-refractivity contribution in [2.75, 3.05) is 6.61 Å². The van der Waals surface area contributed by atoms with Gasteiger partial charge in [-0.15, -0.1) is 0 Å². The molecule has 0 spiro atoms. The van der Waals surface area contributed by atoms with E-state index < -0.39 is 30.8 Å². The molecule has 24 heavy (non-hydrogen) atoms. The van der Waals surface area contributed by atoms with Gasteiger partial charge in [-0.25, -0.2) is 13.6 Å². The molecule has 0 radical (unpaired) electrons. The number of hydrogen-bond acceptors (Lipinski definition) is 4. The molecule has 1 N–H and O–H groups in total. The lowest BCUT2D eigenvalue weighted by atomic mass is 10.1. The number of hydrogen-bond donors (Lipinski definition) is 1. The summed E-state index contributed by atoms with van der Waals surface area (Å²) in [5.41, 5.74) is 0.0251. The van der Waals surface area contributed by atoms with Gasteiger partial charge in [-0.2, -0.15) is 0 Å². The van der Waals surface area contributed by atoms with Crippen molar-refractivity contribution in [1.82, 2.24) is 0 Å². The van der Waals surface area contributed by atoms with Crippen molar-refractivity contribution in [2.45, 2.75) is 13.5 Å². The Morgan fingerprint density at radius 1 is 1.04 bits per heavy atom. The molecule has 2 aromatic carbocycles. The van der Waals surface area contributed by atoms with Crippen molar-refractivity contribution in [3.05, 3.63) is 59.2 Å². The Labute approximate surface area is 136 Å². The van der Waals surface area contributed by atoms with Crippen LogP contribution in [-0.2, 0) is 11.4 Å². The average molecular weight is 336 g/mol. The molecule has 0 aliphatic carbocycles. The van der Waals surface area contributed by atoms with Crippen LogP contribution in [0.4, 0.5) is 8.78 Å². The van der Waals surface area contributed by atoms with Gasteiger partial charge in [0.1, 0.15) is 18.2 Å². The zero-order valence-corrected chi connectivity index (χ0v) is 12.7. The molecule has 2 aromatic rings. The first kappa shape index (κ1) is 17.4. The minimum absolute atomic E-state index is 0.00171. The Balaban J connectivity index is 2.24. The number of aliphatic carboxylic acids is 1. The zero-order valence-electron chi connectivity index (χ0n) is 12.7. The van der Waals surface area contributed by atoms with Gasteiger partial charge in [-0.1, -0.05) is 6.07 Å². The van der Waals surface area contributed by atoms with Gasteiger partial charge in [0, 0.05) is 5.56 Å². The first-order valence-electron chi connectivity index (χ1n) is 6.93. The third kappa shape index (κ3) is 4.28. The summed E-state index contributed by atoms with van der Waals surface area (Å²) in [4.78, 5) is 22.0. The van der Waals surface area contributed by atoms with E-state index in [2.05, 4.69) is 0 Å². The van der Waals surface area contributed by atoms with Crippen LogP contribution in [0.3, 0.4) is 0 Å². The topological polar surface area (TPSA) is 72.8 Å². The minimum Gasteiger partial charge on any atom is -0.485 e. The van der Waals surface area contributed by atoms with E-state index in [0.29, 0.717) is 5.56 Å². The summed E-state index contributed by atoms with van der Waals surface area (Å²) in [5.74, 6) is -2.91. The molecule has 0 unspecified atom stereocenters. The number of carbonyl (C=O) groups excluding carboxylic acids is 1. The molecule has 0 aromatic heterocycles. The SMILES string of the molecule is CC(=O)c1ccc(OCc2c(F)cccc2F)c(OCC(=O)O)c1. The van der Waals surface area contributed by atoms with Crippen molar-refractivity contribution in [3.63, 3.8) is 0 Å². The van der Waals surface area contributed by atoms with Crippen LogP contribution < -0.4 is 9.47 Å². The number of rotatable bonds is 7. The third-order valence-electron chi connectivity index (χ3n) is 3.14. The second-order valence-electron chi connectivity index (χ2n) is 4.89. The van der Waals surface area contributed by atoms with Gasteiger partial charge < -0.3 is 14.6 Å². The Hall–Kier alpha value is -2.96. The van der Waals surface area contributed by atoms with E-state index in [1.165, 1.54) is 31.2 Å². The molecule has 0 saturated carbocycles. The first-order valence-corrected chi connectivity index (χ1v) is 6.93. The summed E-state index contributed by atoms with van der Waals surface area (Å²) in [6, 6.07) is 7.58. The fourth-order valence-corrected chi connectivity index (χ4v) is 1.92. The number of carboxylic acid groups (broad SMARTS) is 1. The highest BCUT2D eigenvalue weighted by Crippen LogP contribution is 2.30. The fourth-order valence-electron chi connectivity index (χ4n) is 1.92. The molecule has 2 rings (SSSR count). The predicted molar refractivity (Wildman–Crippen MR) is 80.3 cm³/mol. The number of ether oxygens (including phenoxy) is 2. The maximum absolute atomic E-state index is 13.6. The number of Topliss-reactive ketones (excluding diaryl/α,β-unsaturated/α-hetero) is 1. The lowest BCUT2D eigenvalue weighted by molar-refractivity contribution is -0.139. The number of benzene rings is 2. The highest BCUT2D eigenvalue weighted by molar-refractivity contribution is 5.94. The van der Waals surface area contributed by atoms with Crippen LogP contribution in [-0.4, -0.2) is 23.5 Å². The predicted octanol–water partition coefficient (Wildman–Crippen LogP) is 3.21. The van der Waals surface area contributed by atoms with Crippen molar-refractivity contribution in [3.8, 4) is 11.5 Å². The summed E-state index contributed by atoms with van der Waals surface area (Å²) in [6.07, 6.45) is 0. The van der Waals surface area contributed by atoms with Gasteiger partial charge in [0.2, 0.25) is 0 Å². The van der Waals surface area contributed by atoms with Crippen molar-refractivity contribution in [2.24, 2.45) is 0 Å². The summed E-state index contributed by atoms with van der Waals surface area (Å²) in [6.45, 7) is 0.276. The lowest BCUT2D eigenvalue weighted by Crippen LogP contribution is -2.11. The van der Waals surface area contributed by atoms with Gasteiger partial charge in [-0.3, -0.25) is 4.79 Å². The fraction of sp³-hybridized carbons (Fsp3) is 0.176. The number of carbonyl (C=O) groups is 2. The summed E-state index contributed by atoms with van der Waals surface area (Å²) >= 11 is 0. The quantitative estimate of drug-likeness (QED) is 0.786. The standard InChI is InChI=1S/C17H14F2O5/c1-10(20)11-5-6-15(16(7-11)24-9-17(21)22)23-8-12-13(18)3-2-4-14(12)19/h2-7H,8-9H2,1H3,(H,21,22). The molecule has 0 amide bonds. The average Bonchev–Trinajstić information content (AvgIpc) is 2.52. The molecule has 0 heterocycles. The van der Waals surface area contributed by atoms with Gasteiger partial charge in [0.15, 0.2) is 23.9 Å². The van der Waals surface area contributed by atoms with E-state index in [0.717, 1.165) is 12.1 Å². The minimum atomic E-state index is -1.21. The van der Waals surface area contributed by atoms with E-state index in [9.17, 15) is 18.4 Å². The van der Waals surface area contributed by atoms with Crippen LogP contribution in [0.1, 0.15) is 22.8 Å². The van der Waals surface area contributed by atoms with Gasteiger partial charge >= 0.3 is 5.97 Å². The second-order valence-corrected chi connectivity index (χ2v) is 4.89. The van der Waals surface area contributed by atoms with Crippen LogP contribution in [0.15, 0.2) is 36.4 Å². The van der Waals surface area contributed by atoms with Gasteiger partial charge in [0.25, 0.3) is 0 Å². The lowest BCUT2D eigenvalue weighted by Gasteiger charge is -2.13. The Morgan fingerprint density at radius 2 is 1.71 bits per heavy atom. The van der Waals surface area contributed by atoms with Crippen LogP contribution in [0.5, 0.6) is 11.5 Å². The summed E-state index contributed by atoms with van der Waals surface area (Å²) < 4.78 is 37.6. The normalized spacial score (nSPS) is 10.3. The smallest absolute Gasteiger partial charge is 0.341 e. The number of carboxylic acids is 1. The first-order chi connectivity index (χ1) is 11.4. The Bertz CT molecular complexity index is 753. The molecular weight excluding hydrogens is 322 g/mol. The Kier molecular flexibility index (Phi) is 5.47. The molecule has 0 saturated heterocycles. The van der Waals surface area contributed by atoms with Crippen molar-refractivity contribution < 1.29 is 33.0 Å². The van der Waals surface area contributed by atoms with Crippen LogP contribution >= 0.6 is 0 Å². The van der Waals surface area contributed by atoms with E-state index in [-0.39, 0.29) is 22.8 Å². The Morgan fingerprint density at radius 3 is 2.29 bits per heavy atom. The molecule has 0 aliphatic heterocycles. The summed E-state index contributed by atoms with van der Waals surface area (Å²) in [5, 5.41) is 8.69. The van der Waals surface area contributed by atoms with Crippen LogP contribution in [0.2, 0.25) is 0 Å². The van der Waals surface area contributed by atoms with E-state index in [4.69, 9.17) is 14.6 Å². The molecular formula is C17H14F2O5. The zero-order chi connectivity index (χ0) is 17.7. The highest BCUT2D eigenvalue weighted by Gasteiger charge is 2.14. The molecule has 0 atom stereocenters. The number of halogens is 2. The highest BCUT2D eigenvalue weighted by atomic mass is 19.1. The van der Waals surface area contributed by atoms with Crippen molar-refractivity contribution in [1.29, 1.82) is 0 Å². The molecule has 0 aliphatic rings. The van der Waals surface area contributed by atoms with E-state index in [1.54, 1.807) is 0 Å². The number of ketones is 1. The van der Waals surface area contributed by atoms with Crippen molar-refractivity contribution >= 4 is 11.8 Å². The molecule has 0 fully saturated rings. The van der Waals surface area contributed by atoms with Gasteiger partial charge in [0.05, 0.1) is 5.56 Å². The second kappa shape index (κ2) is 7.54. The maximum atomic E-state index is 13.6. The van der Waals surface area contributed by atoms with E-state index in [1.807, 2.05) is 0 Å². The third-order valence-corrected chi connectivity index (χ3v) is 3.14. The van der Waals surface area contributed by atoms with Gasteiger partial charge in [-0.05, 0) is 37.3 Å². The monoisotopic (exact) mass is 336 g/mol. The molecule has 5 nitrogen and oxygen atoms in total. The largest absolute Gasteiger partial charge is 0.485 e. The maximum Gasteiger partial charge on any atom is 0.341 e. The van der Waals surface area contributed by atoms with Crippen LogP contribution in [0.25, 0.3) is 0 Å². The molecule has 126 valence electrons. The van der Waals surface area contributed by atoms with Crippen LogP contribution in [0, 0.1) is 11.6 Å². The molecule has 0 bridgehead atoms.